The molecular weight excluding hydrogens is 284 g/mol. The number of nitrogens with one attached hydrogen (secondary N) is 1. The van der Waals surface area contributed by atoms with Crippen molar-refractivity contribution in [3.63, 3.8) is 0 Å². The second kappa shape index (κ2) is 6.04. The van der Waals surface area contributed by atoms with Crippen molar-refractivity contribution < 1.29 is 9.90 Å². The van der Waals surface area contributed by atoms with E-state index in [2.05, 4.69) is 10.3 Å². The molecular formula is C13H13ClN2O2S. The van der Waals surface area contributed by atoms with Gasteiger partial charge in [-0.05, 0) is 18.2 Å². The summed E-state index contributed by atoms with van der Waals surface area (Å²) in [4.78, 5) is 16.2. The van der Waals surface area contributed by atoms with Crippen LogP contribution in [0.1, 0.15) is 28.2 Å². The van der Waals surface area contributed by atoms with Crippen molar-refractivity contribution in [3.8, 4) is 5.75 Å². The van der Waals surface area contributed by atoms with Crippen LogP contribution in [0.4, 0.5) is 0 Å². The van der Waals surface area contributed by atoms with Gasteiger partial charge in [-0.1, -0.05) is 18.5 Å². The number of benzene rings is 1. The van der Waals surface area contributed by atoms with Crippen LogP contribution in [0.2, 0.25) is 5.02 Å². The summed E-state index contributed by atoms with van der Waals surface area (Å²) in [7, 11) is 0. The fraction of sp³-hybridized carbons (Fsp3) is 0.231. The number of aromatic hydroxyl groups is 1. The Kier molecular flexibility index (Phi) is 4.39. The van der Waals surface area contributed by atoms with E-state index in [4.69, 9.17) is 11.6 Å². The smallest absolute Gasteiger partial charge is 0.252 e. The molecule has 0 aliphatic rings. The maximum absolute atomic E-state index is 12.0. The second-order valence-electron chi connectivity index (χ2n) is 4.15. The molecule has 2 N–H and O–H groups in total. The van der Waals surface area contributed by atoms with Crippen molar-refractivity contribution in [2.24, 2.45) is 0 Å². The lowest BCUT2D eigenvalue weighted by atomic mass is 10.1. The molecule has 0 radical (unpaired) electrons. The van der Waals surface area contributed by atoms with E-state index in [0.29, 0.717) is 11.6 Å². The molecule has 0 spiro atoms. The third kappa shape index (κ3) is 3.45. The molecule has 0 saturated heterocycles. The van der Waals surface area contributed by atoms with Crippen LogP contribution in [0, 0.1) is 0 Å². The van der Waals surface area contributed by atoms with Gasteiger partial charge in [-0.15, -0.1) is 11.3 Å². The summed E-state index contributed by atoms with van der Waals surface area (Å²) in [5.41, 5.74) is 0.271. The Morgan fingerprint density at radius 1 is 1.58 bits per heavy atom. The van der Waals surface area contributed by atoms with Gasteiger partial charge in [0, 0.05) is 24.0 Å². The van der Waals surface area contributed by atoms with E-state index in [9.17, 15) is 9.90 Å². The summed E-state index contributed by atoms with van der Waals surface area (Å²) >= 11 is 7.48. The predicted octanol–water partition coefficient (Wildman–Crippen LogP) is 3.04. The van der Waals surface area contributed by atoms with E-state index in [1.807, 2.05) is 12.3 Å². The number of rotatable bonds is 4. The Morgan fingerprint density at radius 3 is 3.05 bits per heavy atom. The predicted molar refractivity (Wildman–Crippen MR) is 76.0 cm³/mol. The highest BCUT2D eigenvalue weighted by atomic mass is 35.5. The van der Waals surface area contributed by atoms with Gasteiger partial charge in [0.1, 0.15) is 5.75 Å². The van der Waals surface area contributed by atoms with Crippen LogP contribution >= 0.6 is 22.9 Å². The van der Waals surface area contributed by atoms with E-state index in [1.165, 1.54) is 18.2 Å². The third-order valence-electron chi connectivity index (χ3n) is 2.64. The fourth-order valence-corrected chi connectivity index (χ4v) is 2.50. The van der Waals surface area contributed by atoms with Gasteiger partial charge in [0.05, 0.1) is 15.6 Å². The molecule has 0 fully saturated rings. The van der Waals surface area contributed by atoms with Gasteiger partial charge in [0.25, 0.3) is 5.91 Å². The minimum Gasteiger partial charge on any atom is -0.508 e. The standard InChI is InChI=1S/C13H13ClN2O2S/c1-8(13-15-4-5-19-13)7-16-12(18)10-6-9(17)2-3-11(10)14/h2-6,8,17H,7H2,1H3,(H,16,18). The Labute approximate surface area is 120 Å². The lowest BCUT2D eigenvalue weighted by molar-refractivity contribution is 0.0951. The van der Waals surface area contributed by atoms with Gasteiger partial charge in [-0.3, -0.25) is 4.79 Å². The zero-order valence-corrected chi connectivity index (χ0v) is 11.8. The third-order valence-corrected chi connectivity index (χ3v) is 3.97. The number of amides is 1. The number of nitrogens with zero attached hydrogens (tertiary/aromatic N) is 1. The van der Waals surface area contributed by atoms with Gasteiger partial charge >= 0.3 is 0 Å². The van der Waals surface area contributed by atoms with Crippen molar-refractivity contribution in [1.82, 2.24) is 10.3 Å². The van der Waals surface area contributed by atoms with E-state index in [1.54, 1.807) is 17.5 Å². The van der Waals surface area contributed by atoms with Crippen LogP contribution in [0.15, 0.2) is 29.8 Å². The number of carbonyl (C=O) groups excluding carboxylic acids is 1. The minimum absolute atomic E-state index is 0.0162. The Balaban J connectivity index is 2.00. The molecule has 19 heavy (non-hydrogen) atoms. The van der Waals surface area contributed by atoms with Crippen LogP contribution in [0.3, 0.4) is 0 Å². The van der Waals surface area contributed by atoms with E-state index in [0.717, 1.165) is 5.01 Å². The molecule has 1 aromatic heterocycles. The van der Waals surface area contributed by atoms with Gasteiger partial charge in [-0.2, -0.15) is 0 Å². The van der Waals surface area contributed by atoms with Crippen LogP contribution < -0.4 is 5.32 Å². The maximum Gasteiger partial charge on any atom is 0.252 e. The normalized spacial score (nSPS) is 12.1. The number of phenolic OH excluding ortho intramolecular Hbond substituents is 1. The molecule has 100 valence electrons. The number of phenols is 1. The van der Waals surface area contributed by atoms with E-state index < -0.39 is 0 Å². The highest BCUT2D eigenvalue weighted by Crippen LogP contribution is 2.21. The Morgan fingerprint density at radius 2 is 2.37 bits per heavy atom. The zero-order chi connectivity index (χ0) is 13.8. The number of hydrogen-bond acceptors (Lipinski definition) is 4. The summed E-state index contributed by atoms with van der Waals surface area (Å²) in [6.07, 6.45) is 1.74. The molecule has 1 aromatic carbocycles. The Hall–Kier alpha value is -1.59. The van der Waals surface area contributed by atoms with Crippen molar-refractivity contribution >= 4 is 28.8 Å². The molecule has 4 nitrogen and oxygen atoms in total. The lowest BCUT2D eigenvalue weighted by Crippen LogP contribution is -2.27. The summed E-state index contributed by atoms with van der Waals surface area (Å²) in [6.45, 7) is 2.46. The fourth-order valence-electron chi connectivity index (χ4n) is 1.59. The van der Waals surface area contributed by atoms with Crippen LogP contribution in [-0.2, 0) is 0 Å². The zero-order valence-electron chi connectivity index (χ0n) is 10.3. The van der Waals surface area contributed by atoms with Crippen LogP contribution in [0.5, 0.6) is 5.75 Å². The molecule has 2 rings (SSSR count). The minimum atomic E-state index is -0.302. The quantitative estimate of drug-likeness (QED) is 0.911. The number of hydrogen-bond donors (Lipinski definition) is 2. The first-order valence-corrected chi connectivity index (χ1v) is 7.00. The highest BCUT2D eigenvalue weighted by molar-refractivity contribution is 7.09. The highest BCUT2D eigenvalue weighted by Gasteiger charge is 2.14. The molecule has 0 bridgehead atoms. The topological polar surface area (TPSA) is 62.2 Å². The van der Waals surface area contributed by atoms with Gasteiger partial charge in [-0.25, -0.2) is 4.98 Å². The number of halogens is 1. The average Bonchev–Trinajstić information content (AvgIpc) is 2.92. The van der Waals surface area contributed by atoms with Crippen molar-refractivity contribution in [2.45, 2.75) is 12.8 Å². The van der Waals surface area contributed by atoms with Crippen molar-refractivity contribution in [3.05, 3.63) is 45.4 Å². The summed E-state index contributed by atoms with van der Waals surface area (Å²) in [5, 5.41) is 15.3. The lowest BCUT2D eigenvalue weighted by Gasteiger charge is -2.11. The van der Waals surface area contributed by atoms with Crippen LogP contribution in [0.25, 0.3) is 0 Å². The molecule has 1 amide bonds. The summed E-state index contributed by atoms with van der Waals surface area (Å²) < 4.78 is 0. The van der Waals surface area contributed by atoms with E-state index in [-0.39, 0.29) is 23.1 Å². The largest absolute Gasteiger partial charge is 0.508 e. The van der Waals surface area contributed by atoms with Gasteiger partial charge < -0.3 is 10.4 Å². The molecule has 1 unspecified atom stereocenters. The number of thiazole rings is 1. The molecule has 1 atom stereocenters. The Bertz CT molecular complexity index is 572. The SMILES string of the molecule is CC(CNC(=O)c1cc(O)ccc1Cl)c1nccs1. The molecule has 0 aliphatic heterocycles. The number of aromatic nitrogens is 1. The van der Waals surface area contributed by atoms with Gasteiger partial charge in [0.2, 0.25) is 0 Å². The number of carbonyl (C=O) groups is 1. The van der Waals surface area contributed by atoms with E-state index >= 15 is 0 Å². The van der Waals surface area contributed by atoms with Crippen molar-refractivity contribution in [2.75, 3.05) is 6.54 Å². The van der Waals surface area contributed by atoms with Crippen molar-refractivity contribution in [1.29, 1.82) is 0 Å². The maximum atomic E-state index is 12.0. The monoisotopic (exact) mass is 296 g/mol. The molecule has 1 heterocycles. The first-order valence-electron chi connectivity index (χ1n) is 5.74. The first-order chi connectivity index (χ1) is 9.08. The van der Waals surface area contributed by atoms with Gasteiger partial charge in [0.15, 0.2) is 0 Å². The second-order valence-corrected chi connectivity index (χ2v) is 5.48. The molecule has 2 aromatic rings. The van der Waals surface area contributed by atoms with Crippen LogP contribution in [-0.4, -0.2) is 22.5 Å². The molecule has 0 aliphatic carbocycles. The average molecular weight is 297 g/mol. The molecule has 6 heteroatoms. The summed E-state index contributed by atoms with van der Waals surface area (Å²) in [6, 6.07) is 4.29. The first kappa shape index (κ1) is 13.8. The summed E-state index contributed by atoms with van der Waals surface area (Å²) in [5.74, 6) is -0.146. The molecule has 0 saturated carbocycles.